The van der Waals surface area contributed by atoms with E-state index in [1.165, 1.54) is 0 Å². The van der Waals surface area contributed by atoms with Gasteiger partial charge >= 0.3 is 0 Å². The van der Waals surface area contributed by atoms with Gasteiger partial charge in [0.1, 0.15) is 5.82 Å². The molecule has 0 aromatic carbocycles. The lowest BCUT2D eigenvalue weighted by Gasteiger charge is -2.11. The van der Waals surface area contributed by atoms with Crippen LogP contribution in [0.1, 0.15) is 43.5 Å². The second-order valence-corrected chi connectivity index (χ2v) is 7.87. The van der Waals surface area contributed by atoms with E-state index < -0.39 is 9.84 Å². The molecule has 20 heavy (non-hydrogen) atoms. The summed E-state index contributed by atoms with van der Waals surface area (Å²) in [5, 5.41) is 4.56. The number of aromatic nitrogens is 2. The van der Waals surface area contributed by atoms with E-state index in [2.05, 4.69) is 18.9 Å². The highest BCUT2D eigenvalue weighted by molar-refractivity contribution is 7.91. The van der Waals surface area contributed by atoms with Gasteiger partial charge < -0.3 is 10.5 Å². The fraction of sp³-hybridized carbons (Fsp3) is 0.769. The second-order valence-electron chi connectivity index (χ2n) is 5.64. The molecule has 0 amide bonds. The normalized spacial score (nSPS) is 21.7. The Hall–Kier alpha value is -1.08. The average molecular weight is 301 g/mol. The van der Waals surface area contributed by atoms with Crippen LogP contribution in [0.15, 0.2) is 0 Å². The van der Waals surface area contributed by atoms with Gasteiger partial charge in [-0.2, -0.15) is 5.10 Å². The second kappa shape index (κ2) is 5.73. The van der Waals surface area contributed by atoms with Crippen LogP contribution in [0.25, 0.3) is 0 Å². The van der Waals surface area contributed by atoms with Gasteiger partial charge in [-0.05, 0) is 12.3 Å². The highest BCUT2D eigenvalue weighted by atomic mass is 32.2. The molecule has 2 heterocycles. The standard InChI is InChI=1S/C13H23N3O3S/c1-9(2)12-11(4-6-19-3)15-16(13(12)14)10-5-7-20(17,18)8-10/h9-10H,4-8,14H2,1-3H3. The van der Waals surface area contributed by atoms with Gasteiger partial charge in [-0.1, -0.05) is 13.8 Å². The number of hydrogen-bond acceptors (Lipinski definition) is 5. The molecule has 0 bridgehead atoms. The molecule has 1 atom stereocenters. The number of nitrogens with zero attached hydrogens (tertiary/aromatic N) is 2. The average Bonchev–Trinajstić information content (AvgIpc) is 2.86. The van der Waals surface area contributed by atoms with E-state index in [1.54, 1.807) is 11.8 Å². The summed E-state index contributed by atoms with van der Waals surface area (Å²) in [6.45, 7) is 4.72. The third-order valence-corrected chi connectivity index (χ3v) is 5.49. The predicted octanol–water partition coefficient (Wildman–Crippen LogP) is 1.14. The van der Waals surface area contributed by atoms with E-state index in [9.17, 15) is 8.42 Å². The van der Waals surface area contributed by atoms with Gasteiger partial charge in [0.05, 0.1) is 29.8 Å². The van der Waals surface area contributed by atoms with Crippen molar-refractivity contribution in [2.24, 2.45) is 0 Å². The molecule has 0 aliphatic carbocycles. The molecule has 1 saturated heterocycles. The summed E-state index contributed by atoms with van der Waals surface area (Å²) in [5.41, 5.74) is 8.15. The minimum atomic E-state index is -2.94. The molecular weight excluding hydrogens is 278 g/mol. The first-order chi connectivity index (χ1) is 9.35. The highest BCUT2D eigenvalue weighted by Crippen LogP contribution is 2.32. The first-order valence-electron chi connectivity index (χ1n) is 6.92. The Labute approximate surface area is 120 Å². The van der Waals surface area contributed by atoms with Crippen LogP contribution >= 0.6 is 0 Å². The summed E-state index contributed by atoms with van der Waals surface area (Å²) < 4.78 is 30.1. The molecule has 2 N–H and O–H groups in total. The lowest BCUT2D eigenvalue weighted by atomic mass is 10.0. The SMILES string of the molecule is COCCc1nn(C2CCS(=O)(=O)C2)c(N)c1C(C)C. The molecule has 0 radical (unpaired) electrons. The van der Waals surface area contributed by atoms with Crippen molar-refractivity contribution in [3.8, 4) is 0 Å². The van der Waals surface area contributed by atoms with Crippen molar-refractivity contribution in [3.05, 3.63) is 11.3 Å². The van der Waals surface area contributed by atoms with Gasteiger partial charge in [0.25, 0.3) is 0 Å². The first-order valence-corrected chi connectivity index (χ1v) is 8.74. The quantitative estimate of drug-likeness (QED) is 0.881. The molecule has 0 saturated carbocycles. The number of anilines is 1. The molecular formula is C13H23N3O3S. The van der Waals surface area contributed by atoms with Crippen LogP contribution in [-0.4, -0.2) is 43.4 Å². The minimum Gasteiger partial charge on any atom is -0.384 e. The van der Waals surface area contributed by atoms with Crippen molar-refractivity contribution in [2.75, 3.05) is 31.0 Å². The Balaban J connectivity index is 2.34. The molecule has 6 nitrogen and oxygen atoms in total. The topological polar surface area (TPSA) is 87.2 Å². The zero-order valence-electron chi connectivity index (χ0n) is 12.3. The lowest BCUT2D eigenvalue weighted by molar-refractivity contribution is 0.201. The van der Waals surface area contributed by atoms with Crippen LogP contribution in [0.3, 0.4) is 0 Å². The van der Waals surface area contributed by atoms with Gasteiger partial charge in [-0.3, -0.25) is 0 Å². The predicted molar refractivity (Wildman–Crippen MR) is 78.6 cm³/mol. The number of methoxy groups -OCH3 is 1. The molecule has 1 fully saturated rings. The summed E-state index contributed by atoms with van der Waals surface area (Å²) in [5.74, 6) is 1.23. The zero-order valence-corrected chi connectivity index (χ0v) is 13.1. The molecule has 1 aromatic rings. The number of nitrogens with two attached hydrogens (primary N) is 1. The van der Waals surface area contributed by atoms with Gasteiger partial charge in [-0.15, -0.1) is 0 Å². The summed E-state index contributed by atoms with van der Waals surface area (Å²) in [4.78, 5) is 0. The number of sulfone groups is 1. The Bertz CT molecular complexity index is 578. The van der Waals surface area contributed by atoms with E-state index >= 15 is 0 Å². The zero-order chi connectivity index (χ0) is 14.9. The molecule has 114 valence electrons. The van der Waals surface area contributed by atoms with Gasteiger partial charge in [0, 0.05) is 19.1 Å². The molecule has 1 aliphatic heterocycles. The van der Waals surface area contributed by atoms with E-state index in [1.807, 2.05) is 0 Å². The highest BCUT2D eigenvalue weighted by Gasteiger charge is 2.32. The van der Waals surface area contributed by atoms with E-state index in [-0.39, 0.29) is 23.5 Å². The molecule has 7 heteroatoms. The summed E-state index contributed by atoms with van der Waals surface area (Å²) in [6, 6.07) is -0.131. The van der Waals surface area contributed by atoms with Crippen molar-refractivity contribution in [1.82, 2.24) is 9.78 Å². The van der Waals surface area contributed by atoms with Gasteiger partial charge in [0.15, 0.2) is 9.84 Å². The van der Waals surface area contributed by atoms with Crippen molar-refractivity contribution in [3.63, 3.8) is 0 Å². The fourth-order valence-electron chi connectivity index (χ4n) is 2.77. The fourth-order valence-corrected chi connectivity index (χ4v) is 4.46. The summed E-state index contributed by atoms with van der Waals surface area (Å²) in [7, 11) is -1.29. The molecule has 1 unspecified atom stereocenters. The smallest absolute Gasteiger partial charge is 0.152 e. The minimum absolute atomic E-state index is 0.131. The van der Waals surface area contributed by atoms with Crippen LogP contribution in [0.4, 0.5) is 5.82 Å². The first kappa shape index (κ1) is 15.3. The summed E-state index contributed by atoms with van der Waals surface area (Å²) >= 11 is 0. The van der Waals surface area contributed by atoms with E-state index in [0.717, 1.165) is 11.3 Å². The van der Waals surface area contributed by atoms with E-state index in [4.69, 9.17) is 10.5 Å². The third kappa shape index (κ3) is 2.98. The van der Waals surface area contributed by atoms with Crippen molar-refractivity contribution >= 4 is 15.7 Å². The van der Waals surface area contributed by atoms with Gasteiger partial charge in [0.2, 0.25) is 0 Å². The summed E-state index contributed by atoms with van der Waals surface area (Å²) in [6.07, 6.45) is 1.29. The Kier molecular flexibility index (Phi) is 4.39. The van der Waals surface area contributed by atoms with Crippen LogP contribution < -0.4 is 5.73 Å². The molecule has 1 aliphatic rings. The van der Waals surface area contributed by atoms with Crippen molar-refractivity contribution in [2.45, 2.75) is 38.6 Å². The maximum Gasteiger partial charge on any atom is 0.152 e. The largest absolute Gasteiger partial charge is 0.384 e. The number of rotatable bonds is 5. The van der Waals surface area contributed by atoms with Crippen LogP contribution in [0.2, 0.25) is 0 Å². The number of hydrogen-bond donors (Lipinski definition) is 1. The van der Waals surface area contributed by atoms with Crippen molar-refractivity contribution in [1.29, 1.82) is 0 Å². The number of ether oxygens (including phenoxy) is 1. The Morgan fingerprint density at radius 1 is 1.50 bits per heavy atom. The monoisotopic (exact) mass is 301 g/mol. The third-order valence-electron chi connectivity index (χ3n) is 3.74. The Morgan fingerprint density at radius 3 is 2.70 bits per heavy atom. The van der Waals surface area contributed by atoms with Crippen LogP contribution in [-0.2, 0) is 21.0 Å². The maximum absolute atomic E-state index is 11.6. The van der Waals surface area contributed by atoms with E-state index in [0.29, 0.717) is 25.3 Å². The molecule has 0 spiro atoms. The maximum atomic E-state index is 11.6. The number of nitrogen functional groups attached to an aromatic ring is 1. The van der Waals surface area contributed by atoms with Crippen LogP contribution in [0.5, 0.6) is 0 Å². The van der Waals surface area contributed by atoms with Crippen LogP contribution in [0, 0.1) is 0 Å². The Morgan fingerprint density at radius 2 is 2.20 bits per heavy atom. The molecule has 1 aromatic heterocycles. The van der Waals surface area contributed by atoms with Gasteiger partial charge in [-0.25, -0.2) is 13.1 Å². The lowest BCUT2D eigenvalue weighted by Crippen LogP contribution is -2.15. The molecule has 2 rings (SSSR count). The van der Waals surface area contributed by atoms with Crippen molar-refractivity contribution < 1.29 is 13.2 Å².